The summed E-state index contributed by atoms with van der Waals surface area (Å²) in [6, 6.07) is 15.3. The summed E-state index contributed by atoms with van der Waals surface area (Å²) in [5.74, 6) is 1.48. The molecule has 34 heavy (non-hydrogen) atoms. The molecule has 0 aromatic heterocycles. The quantitative estimate of drug-likeness (QED) is 0.457. The summed E-state index contributed by atoms with van der Waals surface area (Å²) >= 11 is 0. The second-order valence-corrected chi connectivity index (χ2v) is 7.91. The fourth-order valence-electron chi connectivity index (χ4n) is 3.63. The highest BCUT2D eigenvalue weighted by Crippen LogP contribution is 2.47. The molecule has 180 valence electrons. The van der Waals surface area contributed by atoms with Crippen LogP contribution in [-0.2, 0) is 13.0 Å². The summed E-state index contributed by atoms with van der Waals surface area (Å²) in [5.41, 5.74) is 10.4. The van der Waals surface area contributed by atoms with Crippen LogP contribution < -0.4 is 30.0 Å². The van der Waals surface area contributed by atoms with Gasteiger partial charge in [0.1, 0.15) is 5.75 Å². The molecule has 0 saturated carbocycles. The number of methoxy groups -OCH3 is 3. The first-order valence-corrected chi connectivity index (χ1v) is 11.1. The molecule has 0 bridgehead atoms. The van der Waals surface area contributed by atoms with Gasteiger partial charge >= 0.3 is 0 Å². The predicted octanol–water partition coefficient (Wildman–Crippen LogP) is 4.55. The van der Waals surface area contributed by atoms with E-state index in [-0.39, 0.29) is 23.0 Å². The van der Waals surface area contributed by atoms with Gasteiger partial charge in [-0.15, -0.1) is 0 Å². The van der Waals surface area contributed by atoms with Gasteiger partial charge in [-0.05, 0) is 61.2 Å². The lowest BCUT2D eigenvalue weighted by Gasteiger charge is -2.19. The average Bonchev–Trinajstić information content (AvgIpc) is 2.85. The average molecular weight is 465 g/mol. The number of benzene rings is 3. The lowest BCUT2D eigenvalue weighted by Crippen LogP contribution is -2.23. The first-order valence-electron chi connectivity index (χ1n) is 11.1. The number of hydrogen-bond acceptors (Lipinski definition) is 6. The van der Waals surface area contributed by atoms with E-state index in [1.807, 2.05) is 43.3 Å². The maximum absolute atomic E-state index is 13.2. The predicted molar refractivity (Wildman–Crippen MR) is 132 cm³/mol. The number of nitrogens with one attached hydrogen (secondary N) is 1. The minimum absolute atomic E-state index is 0.266. The van der Waals surface area contributed by atoms with Crippen LogP contribution in [0.2, 0.25) is 0 Å². The van der Waals surface area contributed by atoms with E-state index < -0.39 is 0 Å². The van der Waals surface area contributed by atoms with E-state index in [0.717, 1.165) is 17.5 Å². The molecule has 0 radical (unpaired) electrons. The van der Waals surface area contributed by atoms with Gasteiger partial charge in [0.25, 0.3) is 5.91 Å². The zero-order valence-electron chi connectivity index (χ0n) is 20.4. The van der Waals surface area contributed by atoms with Crippen molar-refractivity contribution in [2.75, 3.05) is 27.9 Å². The van der Waals surface area contributed by atoms with Crippen LogP contribution in [0.3, 0.4) is 0 Å². The third kappa shape index (κ3) is 5.61. The van der Waals surface area contributed by atoms with Gasteiger partial charge in [-0.1, -0.05) is 30.3 Å². The van der Waals surface area contributed by atoms with Crippen molar-refractivity contribution in [1.29, 1.82) is 0 Å². The second kappa shape index (κ2) is 11.4. The number of carbonyl (C=O) groups is 1. The molecule has 3 rings (SSSR count). The van der Waals surface area contributed by atoms with Gasteiger partial charge in [0.15, 0.2) is 11.5 Å². The van der Waals surface area contributed by atoms with Crippen molar-refractivity contribution in [2.45, 2.75) is 26.8 Å². The molecule has 0 atom stereocenters. The molecule has 7 nitrogen and oxygen atoms in total. The van der Waals surface area contributed by atoms with Crippen molar-refractivity contribution in [3.63, 3.8) is 0 Å². The van der Waals surface area contributed by atoms with Crippen molar-refractivity contribution in [2.24, 2.45) is 5.73 Å². The largest absolute Gasteiger partial charge is 0.492 e. The summed E-state index contributed by atoms with van der Waals surface area (Å²) < 4.78 is 22.7. The molecule has 3 aromatic rings. The summed E-state index contributed by atoms with van der Waals surface area (Å²) in [4.78, 5) is 13.2. The molecular weight excluding hydrogens is 432 g/mol. The van der Waals surface area contributed by atoms with Gasteiger partial charge in [-0.3, -0.25) is 4.79 Å². The van der Waals surface area contributed by atoms with E-state index in [2.05, 4.69) is 18.3 Å². The van der Waals surface area contributed by atoms with E-state index in [1.165, 1.54) is 32.5 Å². The minimum Gasteiger partial charge on any atom is -0.492 e. The van der Waals surface area contributed by atoms with E-state index in [0.29, 0.717) is 30.3 Å². The van der Waals surface area contributed by atoms with Crippen LogP contribution in [0.25, 0.3) is 0 Å². The number of carbonyl (C=O) groups excluding carboxylic acids is 1. The summed E-state index contributed by atoms with van der Waals surface area (Å²) in [5, 5.41) is 2.96. The first-order chi connectivity index (χ1) is 16.4. The Morgan fingerprint density at radius 3 is 2.06 bits per heavy atom. The number of rotatable bonds is 10. The van der Waals surface area contributed by atoms with E-state index in [1.54, 1.807) is 6.07 Å². The maximum Gasteiger partial charge on any atom is 0.255 e. The Morgan fingerprint density at radius 1 is 0.824 bits per heavy atom. The molecule has 0 unspecified atom stereocenters. The lowest BCUT2D eigenvalue weighted by molar-refractivity contribution is 0.0946. The molecule has 0 spiro atoms. The third-order valence-corrected chi connectivity index (χ3v) is 5.62. The second-order valence-electron chi connectivity index (χ2n) is 7.91. The van der Waals surface area contributed by atoms with E-state index >= 15 is 0 Å². The molecule has 0 fully saturated rings. The number of ether oxygens (including phenoxy) is 4. The van der Waals surface area contributed by atoms with Crippen molar-refractivity contribution in [3.8, 4) is 28.7 Å². The molecule has 0 heterocycles. The van der Waals surface area contributed by atoms with Crippen LogP contribution in [-0.4, -0.2) is 33.8 Å². The van der Waals surface area contributed by atoms with Gasteiger partial charge in [0, 0.05) is 12.6 Å². The smallest absolute Gasteiger partial charge is 0.255 e. The van der Waals surface area contributed by atoms with Gasteiger partial charge in [-0.2, -0.15) is 0 Å². The van der Waals surface area contributed by atoms with Gasteiger partial charge in [0.2, 0.25) is 11.5 Å². The summed E-state index contributed by atoms with van der Waals surface area (Å²) in [6.07, 6.45) is 0.783. The molecule has 7 heteroatoms. The number of hydrogen-bond donors (Lipinski definition) is 2. The van der Waals surface area contributed by atoms with Crippen LogP contribution in [0.15, 0.2) is 48.5 Å². The highest BCUT2D eigenvalue weighted by molar-refractivity contribution is 5.99. The number of aryl methyl sites for hydroxylation is 2. The van der Waals surface area contributed by atoms with Crippen LogP contribution in [0.5, 0.6) is 28.7 Å². The molecule has 1 amide bonds. The molecule has 0 saturated heterocycles. The van der Waals surface area contributed by atoms with Crippen LogP contribution in [0, 0.1) is 13.8 Å². The summed E-state index contributed by atoms with van der Waals surface area (Å²) in [7, 11) is 4.48. The monoisotopic (exact) mass is 464 g/mol. The fourth-order valence-corrected chi connectivity index (χ4v) is 3.63. The molecule has 0 aliphatic carbocycles. The molecule has 3 aromatic carbocycles. The Hall–Kier alpha value is -3.71. The van der Waals surface area contributed by atoms with E-state index in [4.69, 9.17) is 24.7 Å². The zero-order chi connectivity index (χ0) is 24.7. The van der Waals surface area contributed by atoms with Gasteiger partial charge in [-0.25, -0.2) is 0 Å². The van der Waals surface area contributed by atoms with Crippen LogP contribution >= 0.6 is 0 Å². The van der Waals surface area contributed by atoms with Crippen molar-refractivity contribution in [1.82, 2.24) is 5.32 Å². The number of nitrogens with two attached hydrogens (primary N) is 1. The third-order valence-electron chi connectivity index (χ3n) is 5.62. The SMILES string of the molecule is COc1c(Oc2ccc(CCN)cc2)cc(C(=O)NCc2ccc(C)c(C)c2)c(OC)c1OC. The van der Waals surface area contributed by atoms with Crippen molar-refractivity contribution in [3.05, 3.63) is 76.3 Å². The minimum atomic E-state index is -0.320. The Balaban J connectivity index is 1.93. The summed E-state index contributed by atoms with van der Waals surface area (Å²) in [6.45, 7) is 5.05. The highest BCUT2D eigenvalue weighted by Gasteiger charge is 2.26. The molecule has 3 N–H and O–H groups in total. The normalized spacial score (nSPS) is 10.5. The van der Waals surface area contributed by atoms with Crippen LogP contribution in [0.4, 0.5) is 0 Å². The van der Waals surface area contributed by atoms with Crippen molar-refractivity contribution >= 4 is 5.91 Å². The standard InChI is InChI=1S/C27H32N2O5/c1-17-6-7-20(14-18(17)2)16-29-27(30)22-15-23(25(32-4)26(33-5)24(22)31-3)34-21-10-8-19(9-11-21)12-13-28/h6-11,14-15H,12-13,16,28H2,1-5H3,(H,29,30). The van der Waals surface area contributed by atoms with E-state index in [9.17, 15) is 4.79 Å². The fraction of sp³-hybridized carbons (Fsp3) is 0.296. The zero-order valence-corrected chi connectivity index (χ0v) is 20.4. The number of amides is 1. The highest BCUT2D eigenvalue weighted by atomic mass is 16.5. The van der Waals surface area contributed by atoms with Crippen LogP contribution in [0.1, 0.15) is 32.6 Å². The van der Waals surface area contributed by atoms with Gasteiger partial charge < -0.3 is 30.0 Å². The van der Waals surface area contributed by atoms with Gasteiger partial charge in [0.05, 0.1) is 26.9 Å². The maximum atomic E-state index is 13.2. The lowest BCUT2D eigenvalue weighted by atomic mass is 10.1. The molecule has 0 aliphatic heterocycles. The first kappa shape index (κ1) is 24.9. The topological polar surface area (TPSA) is 92.0 Å². The Bertz CT molecular complexity index is 1140. The van der Waals surface area contributed by atoms with Crippen molar-refractivity contribution < 1.29 is 23.7 Å². The Labute approximate surface area is 200 Å². The Kier molecular flexibility index (Phi) is 8.38. The molecular formula is C27H32N2O5. The molecule has 0 aliphatic rings. The Morgan fingerprint density at radius 2 is 1.47 bits per heavy atom.